The second kappa shape index (κ2) is 3.66. The van der Waals surface area contributed by atoms with Gasteiger partial charge < -0.3 is 5.32 Å². The van der Waals surface area contributed by atoms with Crippen LogP contribution in [0.15, 0.2) is 29.8 Å². The van der Waals surface area contributed by atoms with Crippen molar-refractivity contribution in [1.29, 1.82) is 0 Å². The van der Waals surface area contributed by atoms with Crippen LogP contribution in [0.1, 0.15) is 18.4 Å². The standard InChI is InChI=1S/C12H12N2S/c1-2-6-13-10(3-1)9-4-5-12-11(7-9)14-8-15-12/h3-5,7-8,13H,1-2,6H2. The molecule has 0 radical (unpaired) electrons. The number of rotatable bonds is 1. The van der Waals surface area contributed by atoms with Gasteiger partial charge in [0.05, 0.1) is 15.7 Å². The molecule has 3 heteroatoms. The van der Waals surface area contributed by atoms with Crippen LogP contribution in [-0.2, 0) is 0 Å². The molecule has 1 aliphatic rings. The minimum atomic E-state index is 1.08. The van der Waals surface area contributed by atoms with Gasteiger partial charge in [0.1, 0.15) is 0 Å². The molecule has 0 saturated heterocycles. The Hall–Kier alpha value is -1.35. The van der Waals surface area contributed by atoms with Crippen LogP contribution in [0.25, 0.3) is 15.9 Å². The average molecular weight is 216 g/mol. The van der Waals surface area contributed by atoms with Gasteiger partial charge in [-0.05, 0) is 30.5 Å². The van der Waals surface area contributed by atoms with Crippen LogP contribution >= 0.6 is 11.3 Å². The van der Waals surface area contributed by atoms with Crippen molar-refractivity contribution in [3.05, 3.63) is 35.3 Å². The Morgan fingerprint density at radius 1 is 1.33 bits per heavy atom. The van der Waals surface area contributed by atoms with Gasteiger partial charge in [0.15, 0.2) is 0 Å². The van der Waals surface area contributed by atoms with E-state index >= 15 is 0 Å². The van der Waals surface area contributed by atoms with Gasteiger partial charge in [-0.3, -0.25) is 0 Å². The van der Waals surface area contributed by atoms with Gasteiger partial charge in [-0.15, -0.1) is 11.3 Å². The lowest BCUT2D eigenvalue weighted by Gasteiger charge is -2.15. The van der Waals surface area contributed by atoms with Crippen LogP contribution in [0, 0.1) is 0 Å². The molecule has 0 saturated carbocycles. The van der Waals surface area contributed by atoms with Gasteiger partial charge >= 0.3 is 0 Å². The molecule has 2 heterocycles. The minimum Gasteiger partial charge on any atom is -0.385 e. The summed E-state index contributed by atoms with van der Waals surface area (Å²) in [6.45, 7) is 1.08. The molecule has 0 amide bonds. The second-order valence-electron chi connectivity index (χ2n) is 3.72. The summed E-state index contributed by atoms with van der Waals surface area (Å²) in [4.78, 5) is 4.34. The Morgan fingerprint density at radius 2 is 2.33 bits per heavy atom. The summed E-state index contributed by atoms with van der Waals surface area (Å²) in [6, 6.07) is 6.49. The fourth-order valence-corrected chi connectivity index (χ4v) is 2.55. The van der Waals surface area contributed by atoms with Crippen LogP contribution < -0.4 is 5.32 Å². The van der Waals surface area contributed by atoms with Gasteiger partial charge in [-0.1, -0.05) is 12.1 Å². The smallest absolute Gasteiger partial charge is 0.0818 e. The zero-order valence-corrected chi connectivity index (χ0v) is 9.18. The van der Waals surface area contributed by atoms with Crippen LogP contribution in [0.5, 0.6) is 0 Å². The zero-order valence-electron chi connectivity index (χ0n) is 8.36. The maximum atomic E-state index is 4.34. The number of hydrogen-bond donors (Lipinski definition) is 1. The second-order valence-corrected chi connectivity index (χ2v) is 4.61. The highest BCUT2D eigenvalue weighted by atomic mass is 32.1. The van der Waals surface area contributed by atoms with E-state index in [2.05, 4.69) is 34.6 Å². The van der Waals surface area contributed by atoms with Crippen molar-refractivity contribution in [2.75, 3.05) is 6.54 Å². The number of hydrogen-bond acceptors (Lipinski definition) is 3. The first kappa shape index (κ1) is 8.92. The monoisotopic (exact) mass is 216 g/mol. The Kier molecular flexibility index (Phi) is 2.18. The first-order chi connectivity index (χ1) is 7.43. The van der Waals surface area contributed by atoms with Crippen molar-refractivity contribution in [1.82, 2.24) is 10.3 Å². The molecular weight excluding hydrogens is 204 g/mol. The zero-order chi connectivity index (χ0) is 10.1. The summed E-state index contributed by atoms with van der Waals surface area (Å²) in [7, 11) is 0. The molecule has 0 unspecified atom stereocenters. The molecule has 1 N–H and O–H groups in total. The third-order valence-electron chi connectivity index (χ3n) is 2.69. The van der Waals surface area contributed by atoms with E-state index in [0.29, 0.717) is 0 Å². The predicted octanol–water partition coefficient (Wildman–Crippen LogP) is 3.02. The van der Waals surface area contributed by atoms with Crippen LogP contribution in [0.3, 0.4) is 0 Å². The van der Waals surface area contributed by atoms with E-state index in [1.807, 2.05) is 5.51 Å². The quantitative estimate of drug-likeness (QED) is 0.792. The Morgan fingerprint density at radius 3 is 3.20 bits per heavy atom. The number of benzene rings is 1. The maximum Gasteiger partial charge on any atom is 0.0818 e. The van der Waals surface area contributed by atoms with Crippen molar-refractivity contribution in [2.24, 2.45) is 0 Å². The molecule has 1 aromatic heterocycles. The molecule has 1 aliphatic heterocycles. The summed E-state index contributed by atoms with van der Waals surface area (Å²) in [5.41, 5.74) is 5.52. The fourth-order valence-electron chi connectivity index (χ4n) is 1.89. The van der Waals surface area contributed by atoms with E-state index in [0.717, 1.165) is 12.1 Å². The van der Waals surface area contributed by atoms with E-state index in [9.17, 15) is 0 Å². The van der Waals surface area contributed by atoms with Gasteiger partial charge in [0, 0.05) is 12.2 Å². The number of thiazole rings is 1. The molecule has 0 spiro atoms. The van der Waals surface area contributed by atoms with Crippen molar-refractivity contribution < 1.29 is 0 Å². The summed E-state index contributed by atoms with van der Waals surface area (Å²) >= 11 is 1.69. The Bertz CT molecular complexity index is 513. The van der Waals surface area contributed by atoms with Gasteiger partial charge in [0.2, 0.25) is 0 Å². The highest BCUT2D eigenvalue weighted by Gasteiger charge is 2.06. The number of fused-ring (bicyclic) bond motifs is 1. The molecule has 3 rings (SSSR count). The Labute approximate surface area is 92.7 Å². The SMILES string of the molecule is C1=C(c2ccc3scnc3c2)NCCC1. The molecule has 0 fully saturated rings. The highest BCUT2D eigenvalue weighted by molar-refractivity contribution is 7.16. The number of nitrogens with zero attached hydrogens (tertiary/aromatic N) is 1. The van der Waals surface area contributed by atoms with E-state index in [1.165, 1.54) is 28.8 Å². The normalized spacial score (nSPS) is 16.1. The molecule has 15 heavy (non-hydrogen) atoms. The lowest BCUT2D eigenvalue weighted by Crippen LogP contribution is -2.17. The van der Waals surface area contributed by atoms with E-state index in [4.69, 9.17) is 0 Å². The van der Waals surface area contributed by atoms with Crippen molar-refractivity contribution in [3.8, 4) is 0 Å². The van der Waals surface area contributed by atoms with E-state index in [-0.39, 0.29) is 0 Å². The average Bonchev–Trinajstić information content (AvgIpc) is 2.77. The van der Waals surface area contributed by atoms with E-state index < -0.39 is 0 Å². The molecule has 2 nitrogen and oxygen atoms in total. The van der Waals surface area contributed by atoms with E-state index in [1.54, 1.807) is 11.3 Å². The van der Waals surface area contributed by atoms with Crippen LogP contribution in [-0.4, -0.2) is 11.5 Å². The maximum absolute atomic E-state index is 4.34. The summed E-state index contributed by atoms with van der Waals surface area (Å²) in [5.74, 6) is 0. The van der Waals surface area contributed by atoms with Crippen LogP contribution in [0.2, 0.25) is 0 Å². The van der Waals surface area contributed by atoms with Crippen LogP contribution in [0.4, 0.5) is 0 Å². The molecule has 2 aromatic rings. The summed E-state index contributed by atoms with van der Waals surface area (Å²) in [5, 5.41) is 3.43. The van der Waals surface area contributed by atoms with Gasteiger partial charge in [-0.25, -0.2) is 4.98 Å². The summed E-state index contributed by atoms with van der Waals surface area (Å²) in [6.07, 6.45) is 4.69. The molecule has 0 aliphatic carbocycles. The molecule has 0 atom stereocenters. The fraction of sp³-hybridized carbons (Fsp3) is 0.250. The van der Waals surface area contributed by atoms with Gasteiger partial charge in [-0.2, -0.15) is 0 Å². The van der Waals surface area contributed by atoms with Crippen molar-refractivity contribution in [2.45, 2.75) is 12.8 Å². The Balaban J connectivity index is 2.06. The largest absolute Gasteiger partial charge is 0.385 e. The number of aromatic nitrogens is 1. The van der Waals surface area contributed by atoms with Crippen molar-refractivity contribution >= 4 is 27.3 Å². The number of nitrogens with one attached hydrogen (secondary N) is 1. The molecule has 1 aromatic carbocycles. The lowest BCUT2D eigenvalue weighted by molar-refractivity contribution is 0.744. The molecule has 76 valence electrons. The topological polar surface area (TPSA) is 24.9 Å². The molecule has 0 bridgehead atoms. The lowest BCUT2D eigenvalue weighted by atomic mass is 10.1. The first-order valence-electron chi connectivity index (χ1n) is 5.21. The third-order valence-corrected chi connectivity index (χ3v) is 3.50. The van der Waals surface area contributed by atoms with Crippen molar-refractivity contribution in [3.63, 3.8) is 0 Å². The minimum absolute atomic E-state index is 1.08. The highest BCUT2D eigenvalue weighted by Crippen LogP contribution is 2.23. The number of allylic oxidation sites excluding steroid dienone is 1. The third kappa shape index (κ3) is 1.63. The first-order valence-corrected chi connectivity index (χ1v) is 6.09. The molecular formula is C12H12N2S. The predicted molar refractivity (Wildman–Crippen MR) is 64.8 cm³/mol. The van der Waals surface area contributed by atoms with Gasteiger partial charge in [0.25, 0.3) is 0 Å². The summed E-state index contributed by atoms with van der Waals surface area (Å²) < 4.78 is 1.26.